The van der Waals surface area contributed by atoms with Gasteiger partial charge in [-0.05, 0) is 25.5 Å². The highest BCUT2D eigenvalue weighted by atomic mass is 32.2. The highest BCUT2D eigenvalue weighted by molar-refractivity contribution is 7.99. The minimum Gasteiger partial charge on any atom is -0.395 e. The molecule has 68 valence electrons. The van der Waals surface area contributed by atoms with Gasteiger partial charge in [-0.25, -0.2) is 0 Å². The molecule has 3 unspecified atom stereocenters. The second-order valence-electron chi connectivity index (χ2n) is 3.15. The zero-order valence-corrected chi connectivity index (χ0v) is 8.40. The smallest absolute Gasteiger partial charge is 0.0552 e. The number of hydrogen-bond acceptors (Lipinski definition) is 3. The van der Waals surface area contributed by atoms with E-state index in [1.54, 1.807) is 11.8 Å². The molecule has 0 fully saturated rings. The Kier molecular flexibility index (Phi) is 6.01. The minimum atomic E-state index is 0.242. The molecule has 0 aliphatic heterocycles. The Hall–Kier alpha value is 0.270. The molecule has 3 heteroatoms. The van der Waals surface area contributed by atoms with Crippen LogP contribution in [0.25, 0.3) is 0 Å². The molecule has 0 spiro atoms. The lowest BCUT2D eigenvalue weighted by atomic mass is 10.00. The van der Waals surface area contributed by atoms with Crippen molar-refractivity contribution >= 4 is 11.8 Å². The summed E-state index contributed by atoms with van der Waals surface area (Å²) in [6.45, 7) is 4.40. The van der Waals surface area contributed by atoms with Crippen molar-refractivity contribution in [2.45, 2.75) is 31.6 Å². The Balaban J connectivity index is 3.68. The van der Waals surface area contributed by atoms with E-state index in [1.165, 1.54) is 0 Å². The third-order valence-electron chi connectivity index (χ3n) is 1.86. The van der Waals surface area contributed by atoms with Crippen LogP contribution in [0.5, 0.6) is 0 Å². The number of rotatable bonds is 5. The van der Waals surface area contributed by atoms with Gasteiger partial charge in [0.2, 0.25) is 0 Å². The first-order valence-corrected chi connectivity index (χ1v) is 5.29. The van der Waals surface area contributed by atoms with Crippen LogP contribution in [-0.4, -0.2) is 29.3 Å². The number of hydrogen-bond donors (Lipinski definition) is 2. The van der Waals surface area contributed by atoms with Crippen LogP contribution in [0.3, 0.4) is 0 Å². The van der Waals surface area contributed by atoms with Gasteiger partial charge in [0.05, 0.1) is 6.61 Å². The van der Waals surface area contributed by atoms with Crippen LogP contribution in [0.2, 0.25) is 0 Å². The van der Waals surface area contributed by atoms with Gasteiger partial charge < -0.3 is 10.8 Å². The van der Waals surface area contributed by atoms with Crippen molar-refractivity contribution in [1.29, 1.82) is 0 Å². The molecule has 0 aliphatic carbocycles. The lowest BCUT2D eigenvalue weighted by molar-refractivity contribution is 0.263. The molecule has 2 nitrogen and oxygen atoms in total. The summed E-state index contributed by atoms with van der Waals surface area (Å²) in [6.07, 6.45) is 3.02. The van der Waals surface area contributed by atoms with Crippen LogP contribution in [0, 0.1) is 5.92 Å². The SMILES string of the molecule is CSC(CO)C(C)CC(C)N. The molecule has 0 aromatic heterocycles. The quantitative estimate of drug-likeness (QED) is 0.660. The Morgan fingerprint density at radius 3 is 2.27 bits per heavy atom. The third-order valence-corrected chi connectivity index (χ3v) is 3.08. The maximum atomic E-state index is 8.95. The lowest BCUT2D eigenvalue weighted by Crippen LogP contribution is -2.26. The van der Waals surface area contributed by atoms with E-state index >= 15 is 0 Å². The van der Waals surface area contributed by atoms with Gasteiger partial charge >= 0.3 is 0 Å². The van der Waals surface area contributed by atoms with Crippen molar-refractivity contribution in [2.24, 2.45) is 11.7 Å². The van der Waals surface area contributed by atoms with Gasteiger partial charge in [0.15, 0.2) is 0 Å². The second kappa shape index (κ2) is 5.86. The normalized spacial score (nSPS) is 19.4. The summed E-state index contributed by atoms with van der Waals surface area (Å²) < 4.78 is 0. The maximum Gasteiger partial charge on any atom is 0.0552 e. The molecule has 0 aliphatic rings. The Bertz CT molecular complexity index is 94.1. The van der Waals surface area contributed by atoms with Crippen molar-refractivity contribution in [3.63, 3.8) is 0 Å². The summed E-state index contributed by atoms with van der Waals surface area (Å²) in [5, 5.41) is 9.30. The van der Waals surface area contributed by atoms with E-state index in [9.17, 15) is 0 Å². The minimum absolute atomic E-state index is 0.242. The van der Waals surface area contributed by atoms with Crippen LogP contribution < -0.4 is 5.73 Å². The van der Waals surface area contributed by atoms with Gasteiger partial charge in [-0.1, -0.05) is 6.92 Å². The van der Waals surface area contributed by atoms with Crippen molar-refractivity contribution < 1.29 is 5.11 Å². The summed E-state index contributed by atoms with van der Waals surface area (Å²) in [6, 6.07) is 0.242. The fourth-order valence-corrected chi connectivity index (χ4v) is 1.95. The lowest BCUT2D eigenvalue weighted by Gasteiger charge is -2.21. The van der Waals surface area contributed by atoms with E-state index in [0.29, 0.717) is 11.2 Å². The Labute approximate surface area is 73.6 Å². The van der Waals surface area contributed by atoms with E-state index in [2.05, 4.69) is 6.92 Å². The van der Waals surface area contributed by atoms with Crippen molar-refractivity contribution in [3.8, 4) is 0 Å². The number of nitrogens with two attached hydrogens (primary N) is 1. The second-order valence-corrected chi connectivity index (χ2v) is 4.22. The first kappa shape index (κ1) is 11.3. The average molecular weight is 177 g/mol. The van der Waals surface area contributed by atoms with E-state index < -0.39 is 0 Å². The van der Waals surface area contributed by atoms with Crippen LogP contribution >= 0.6 is 11.8 Å². The Morgan fingerprint density at radius 2 is 2.00 bits per heavy atom. The van der Waals surface area contributed by atoms with E-state index in [0.717, 1.165) is 6.42 Å². The summed E-state index contributed by atoms with van der Waals surface area (Å²) in [5.41, 5.74) is 5.65. The van der Waals surface area contributed by atoms with E-state index in [1.807, 2.05) is 13.2 Å². The van der Waals surface area contributed by atoms with Crippen molar-refractivity contribution in [2.75, 3.05) is 12.9 Å². The number of aliphatic hydroxyl groups excluding tert-OH is 1. The molecule has 0 aromatic carbocycles. The first-order valence-electron chi connectivity index (χ1n) is 4.01. The van der Waals surface area contributed by atoms with E-state index in [-0.39, 0.29) is 12.6 Å². The molecule has 0 saturated heterocycles. The summed E-state index contributed by atoms with van der Waals surface area (Å²) in [4.78, 5) is 0. The molecule has 0 bridgehead atoms. The van der Waals surface area contributed by atoms with Crippen molar-refractivity contribution in [1.82, 2.24) is 0 Å². The Morgan fingerprint density at radius 1 is 1.45 bits per heavy atom. The third kappa shape index (κ3) is 4.67. The molecule has 3 N–H and O–H groups in total. The molecule has 0 heterocycles. The van der Waals surface area contributed by atoms with Crippen LogP contribution in [0.15, 0.2) is 0 Å². The largest absolute Gasteiger partial charge is 0.395 e. The molecule has 11 heavy (non-hydrogen) atoms. The van der Waals surface area contributed by atoms with Gasteiger partial charge in [0.1, 0.15) is 0 Å². The highest BCUT2D eigenvalue weighted by Crippen LogP contribution is 2.20. The molecular formula is C8H19NOS. The topological polar surface area (TPSA) is 46.2 Å². The van der Waals surface area contributed by atoms with Crippen molar-refractivity contribution in [3.05, 3.63) is 0 Å². The molecule has 0 aromatic rings. The summed E-state index contributed by atoms with van der Waals surface area (Å²) in [7, 11) is 0. The predicted molar refractivity (Wildman–Crippen MR) is 51.8 cm³/mol. The zero-order valence-electron chi connectivity index (χ0n) is 7.58. The molecule has 3 atom stereocenters. The van der Waals surface area contributed by atoms with Crippen LogP contribution in [-0.2, 0) is 0 Å². The van der Waals surface area contributed by atoms with Crippen LogP contribution in [0.4, 0.5) is 0 Å². The highest BCUT2D eigenvalue weighted by Gasteiger charge is 2.15. The van der Waals surface area contributed by atoms with Gasteiger partial charge in [0, 0.05) is 11.3 Å². The molecule has 0 radical (unpaired) electrons. The van der Waals surface area contributed by atoms with Crippen LogP contribution in [0.1, 0.15) is 20.3 Å². The summed E-state index contributed by atoms with van der Waals surface area (Å²) in [5.74, 6) is 0.509. The molecule has 0 saturated carbocycles. The van der Waals surface area contributed by atoms with Gasteiger partial charge in [-0.2, -0.15) is 11.8 Å². The monoisotopic (exact) mass is 177 g/mol. The number of aliphatic hydroxyl groups is 1. The molecular weight excluding hydrogens is 158 g/mol. The van der Waals surface area contributed by atoms with E-state index in [4.69, 9.17) is 10.8 Å². The summed E-state index contributed by atoms with van der Waals surface area (Å²) >= 11 is 1.71. The number of thioether (sulfide) groups is 1. The fraction of sp³-hybridized carbons (Fsp3) is 1.00. The van der Waals surface area contributed by atoms with Gasteiger partial charge in [-0.3, -0.25) is 0 Å². The fourth-order valence-electron chi connectivity index (χ4n) is 1.23. The first-order chi connectivity index (χ1) is 5.11. The predicted octanol–water partition coefficient (Wildman–Crippen LogP) is 1.08. The molecule has 0 amide bonds. The standard InChI is InChI=1S/C8H19NOS/c1-6(4-7(2)9)8(5-10)11-3/h6-8,10H,4-5,9H2,1-3H3. The molecule has 0 rings (SSSR count). The maximum absolute atomic E-state index is 8.95. The van der Waals surface area contributed by atoms with Gasteiger partial charge in [0.25, 0.3) is 0 Å². The average Bonchev–Trinajstić information content (AvgIpc) is 1.88. The van der Waals surface area contributed by atoms with Gasteiger partial charge in [-0.15, -0.1) is 0 Å². The zero-order chi connectivity index (χ0) is 8.85.